The molecule has 1 amide bonds. The van der Waals surface area contributed by atoms with Gasteiger partial charge in [-0.3, -0.25) is 4.79 Å². The average molecular weight is 326 g/mol. The number of benzene rings is 1. The molecule has 116 valence electrons. The molecule has 1 saturated heterocycles. The molecule has 0 aliphatic carbocycles. The number of amides is 1. The van der Waals surface area contributed by atoms with Crippen LogP contribution in [0.5, 0.6) is 0 Å². The van der Waals surface area contributed by atoms with Crippen LogP contribution in [-0.2, 0) is 4.74 Å². The fourth-order valence-electron chi connectivity index (χ4n) is 2.29. The van der Waals surface area contributed by atoms with Gasteiger partial charge in [0.2, 0.25) is 0 Å². The summed E-state index contributed by atoms with van der Waals surface area (Å²) in [5.41, 5.74) is 0.213. The molecule has 1 aromatic heterocycles. The Labute approximate surface area is 130 Å². The fourth-order valence-corrected chi connectivity index (χ4v) is 2.41. The molecule has 2 heterocycles. The summed E-state index contributed by atoms with van der Waals surface area (Å²) in [4.78, 5) is 18.3. The number of hydrogen-bond donors (Lipinski definition) is 0. The Morgan fingerprint density at radius 1 is 1.50 bits per heavy atom. The second-order valence-corrected chi connectivity index (χ2v) is 5.31. The van der Waals surface area contributed by atoms with Crippen molar-refractivity contribution in [2.45, 2.75) is 13.0 Å². The van der Waals surface area contributed by atoms with E-state index in [9.17, 15) is 9.18 Å². The normalized spacial score (nSPS) is 18.5. The van der Waals surface area contributed by atoms with Crippen LogP contribution < -0.4 is 0 Å². The molecule has 1 aliphatic rings. The highest BCUT2D eigenvalue weighted by Gasteiger charge is 2.33. The Balaban J connectivity index is 1.89. The zero-order valence-electron chi connectivity index (χ0n) is 11.8. The van der Waals surface area contributed by atoms with Gasteiger partial charge in [0, 0.05) is 12.1 Å². The summed E-state index contributed by atoms with van der Waals surface area (Å²) >= 11 is 5.65. The first kappa shape index (κ1) is 14.9. The van der Waals surface area contributed by atoms with Gasteiger partial charge < -0.3 is 14.2 Å². The summed E-state index contributed by atoms with van der Waals surface area (Å²) in [7, 11) is 0. The molecular formula is C14H13ClFN3O3. The number of carbonyl (C=O) groups excluding carboxylic acids is 1. The van der Waals surface area contributed by atoms with E-state index in [4.69, 9.17) is 20.9 Å². The van der Waals surface area contributed by atoms with Gasteiger partial charge >= 0.3 is 0 Å². The molecule has 1 aliphatic heterocycles. The van der Waals surface area contributed by atoms with Crippen molar-refractivity contribution in [1.29, 1.82) is 0 Å². The maximum atomic E-state index is 13.6. The standard InChI is InChI=1S/C14H13ClFN3O3/c1-8-17-13(22-18-8)12-7-21-5-4-19(12)14(20)9-2-3-10(15)11(16)6-9/h2-3,6,12H,4-5,7H2,1H3. The van der Waals surface area contributed by atoms with E-state index in [1.165, 1.54) is 12.1 Å². The van der Waals surface area contributed by atoms with E-state index >= 15 is 0 Å². The molecule has 22 heavy (non-hydrogen) atoms. The Hall–Kier alpha value is -1.99. The topological polar surface area (TPSA) is 68.5 Å². The maximum Gasteiger partial charge on any atom is 0.254 e. The van der Waals surface area contributed by atoms with E-state index in [1.807, 2.05) is 0 Å². The van der Waals surface area contributed by atoms with Crippen molar-refractivity contribution in [3.05, 3.63) is 46.3 Å². The smallest absolute Gasteiger partial charge is 0.254 e. The minimum Gasteiger partial charge on any atom is -0.377 e. The molecule has 1 unspecified atom stereocenters. The van der Waals surface area contributed by atoms with E-state index in [1.54, 1.807) is 11.8 Å². The van der Waals surface area contributed by atoms with Gasteiger partial charge in [0.25, 0.3) is 11.8 Å². The van der Waals surface area contributed by atoms with Gasteiger partial charge in [-0.05, 0) is 25.1 Å². The van der Waals surface area contributed by atoms with Gasteiger partial charge in [-0.15, -0.1) is 0 Å². The van der Waals surface area contributed by atoms with Crippen LogP contribution in [0.3, 0.4) is 0 Å². The van der Waals surface area contributed by atoms with Crippen molar-refractivity contribution >= 4 is 17.5 Å². The van der Waals surface area contributed by atoms with Crippen molar-refractivity contribution in [3.63, 3.8) is 0 Å². The number of hydrogen-bond acceptors (Lipinski definition) is 5. The minimum atomic E-state index is -0.633. The highest BCUT2D eigenvalue weighted by Crippen LogP contribution is 2.26. The second kappa shape index (κ2) is 6.02. The summed E-state index contributed by atoms with van der Waals surface area (Å²) in [5, 5.41) is 3.70. The Kier molecular flexibility index (Phi) is 4.08. The Morgan fingerprint density at radius 3 is 3.00 bits per heavy atom. The fraction of sp³-hybridized carbons (Fsp3) is 0.357. The third kappa shape index (κ3) is 2.82. The van der Waals surface area contributed by atoms with Crippen LogP contribution >= 0.6 is 11.6 Å². The van der Waals surface area contributed by atoms with Gasteiger partial charge in [-0.2, -0.15) is 4.98 Å². The zero-order valence-corrected chi connectivity index (χ0v) is 12.5. The summed E-state index contributed by atoms with van der Waals surface area (Å²) in [5.74, 6) is -0.184. The molecule has 0 spiro atoms. The largest absolute Gasteiger partial charge is 0.377 e. The first-order chi connectivity index (χ1) is 10.6. The molecule has 1 aromatic carbocycles. The number of halogens is 2. The molecule has 1 fully saturated rings. The van der Waals surface area contributed by atoms with E-state index in [2.05, 4.69) is 10.1 Å². The van der Waals surface area contributed by atoms with Crippen molar-refractivity contribution < 1.29 is 18.4 Å². The highest BCUT2D eigenvalue weighted by atomic mass is 35.5. The van der Waals surface area contributed by atoms with Crippen LogP contribution in [0, 0.1) is 12.7 Å². The number of morpholine rings is 1. The molecule has 0 saturated carbocycles. The van der Waals surface area contributed by atoms with Crippen LogP contribution in [0.2, 0.25) is 5.02 Å². The van der Waals surface area contributed by atoms with Gasteiger partial charge in [0.05, 0.1) is 18.2 Å². The molecular weight excluding hydrogens is 313 g/mol. The van der Waals surface area contributed by atoms with Crippen molar-refractivity contribution in [2.75, 3.05) is 19.8 Å². The highest BCUT2D eigenvalue weighted by molar-refractivity contribution is 6.30. The van der Waals surface area contributed by atoms with Crippen LogP contribution in [-0.4, -0.2) is 40.7 Å². The first-order valence-corrected chi connectivity index (χ1v) is 7.08. The Bertz CT molecular complexity index is 706. The summed E-state index contributed by atoms with van der Waals surface area (Å²) in [6.45, 7) is 2.70. The summed E-state index contributed by atoms with van der Waals surface area (Å²) in [6.07, 6.45) is 0. The second-order valence-electron chi connectivity index (χ2n) is 4.90. The molecule has 3 rings (SSSR count). The molecule has 0 N–H and O–H groups in total. The third-order valence-corrected chi connectivity index (χ3v) is 3.69. The van der Waals surface area contributed by atoms with Gasteiger partial charge in [0.1, 0.15) is 11.9 Å². The number of carbonyl (C=O) groups is 1. The number of aryl methyl sites for hydroxylation is 1. The lowest BCUT2D eigenvalue weighted by Gasteiger charge is -2.33. The molecule has 6 nitrogen and oxygen atoms in total. The summed E-state index contributed by atoms with van der Waals surface area (Å²) < 4.78 is 24.1. The molecule has 1 atom stereocenters. The molecule has 0 radical (unpaired) electrons. The van der Waals surface area contributed by atoms with Crippen LogP contribution in [0.15, 0.2) is 22.7 Å². The number of aromatic nitrogens is 2. The molecule has 2 aromatic rings. The number of rotatable bonds is 2. The predicted octanol–water partition coefficient (Wildman–Crippen LogP) is 2.38. The summed E-state index contributed by atoms with van der Waals surface area (Å²) in [6, 6.07) is 3.48. The van der Waals surface area contributed by atoms with Gasteiger partial charge in [-0.25, -0.2) is 4.39 Å². The Morgan fingerprint density at radius 2 is 2.32 bits per heavy atom. The van der Waals surface area contributed by atoms with Crippen LogP contribution in [0.4, 0.5) is 4.39 Å². The maximum absolute atomic E-state index is 13.6. The molecule has 0 bridgehead atoms. The van der Waals surface area contributed by atoms with Crippen LogP contribution in [0.1, 0.15) is 28.1 Å². The SMILES string of the molecule is Cc1noc(C2COCCN2C(=O)c2ccc(Cl)c(F)c2)n1. The van der Waals surface area contributed by atoms with Gasteiger partial charge in [-0.1, -0.05) is 16.8 Å². The van der Waals surface area contributed by atoms with Crippen molar-refractivity contribution in [1.82, 2.24) is 15.0 Å². The minimum absolute atomic E-state index is 0.0254. The van der Waals surface area contributed by atoms with E-state index in [0.29, 0.717) is 24.9 Å². The predicted molar refractivity (Wildman–Crippen MR) is 75.0 cm³/mol. The number of ether oxygens (including phenoxy) is 1. The van der Waals surface area contributed by atoms with E-state index in [0.717, 1.165) is 6.07 Å². The average Bonchev–Trinajstić information content (AvgIpc) is 2.96. The lowest BCUT2D eigenvalue weighted by Crippen LogP contribution is -2.43. The monoisotopic (exact) mass is 325 g/mol. The van der Waals surface area contributed by atoms with E-state index in [-0.39, 0.29) is 23.1 Å². The lowest BCUT2D eigenvalue weighted by molar-refractivity contribution is -0.0119. The first-order valence-electron chi connectivity index (χ1n) is 6.70. The zero-order chi connectivity index (χ0) is 15.7. The number of nitrogens with zero attached hydrogens (tertiary/aromatic N) is 3. The third-order valence-electron chi connectivity index (χ3n) is 3.38. The lowest BCUT2D eigenvalue weighted by atomic mass is 10.1. The van der Waals surface area contributed by atoms with Gasteiger partial charge in [0.15, 0.2) is 5.82 Å². The van der Waals surface area contributed by atoms with Crippen molar-refractivity contribution in [2.24, 2.45) is 0 Å². The quantitative estimate of drug-likeness (QED) is 0.848. The van der Waals surface area contributed by atoms with Crippen molar-refractivity contribution in [3.8, 4) is 0 Å². The molecule has 8 heteroatoms. The van der Waals surface area contributed by atoms with Crippen LogP contribution in [0.25, 0.3) is 0 Å². The van der Waals surface area contributed by atoms with E-state index < -0.39 is 11.9 Å².